The maximum Gasteiger partial charge on any atom is 0.319 e. The van der Waals surface area contributed by atoms with Gasteiger partial charge in [-0.15, -0.1) is 0 Å². The highest BCUT2D eigenvalue weighted by atomic mass is 16.6. The summed E-state index contributed by atoms with van der Waals surface area (Å²) >= 11 is 0. The van der Waals surface area contributed by atoms with E-state index in [-0.39, 0.29) is 23.3 Å². The van der Waals surface area contributed by atoms with Gasteiger partial charge in [-0.25, -0.2) is 19.7 Å². The number of aliphatic hydroxyl groups excluding tert-OH is 2. The van der Waals surface area contributed by atoms with Crippen LogP contribution in [-0.4, -0.2) is 84.7 Å². The minimum absolute atomic E-state index is 0.0630. The fourth-order valence-corrected chi connectivity index (χ4v) is 4.83. The number of ether oxygens (including phenoxy) is 1. The number of imidazole rings is 1. The van der Waals surface area contributed by atoms with E-state index in [2.05, 4.69) is 65.1 Å². The van der Waals surface area contributed by atoms with Crippen LogP contribution in [0.5, 0.6) is 0 Å². The number of nitrogen functional groups attached to an aromatic ring is 1. The quantitative estimate of drug-likeness (QED) is 0.237. The van der Waals surface area contributed by atoms with E-state index in [0.717, 1.165) is 25.1 Å². The van der Waals surface area contributed by atoms with E-state index < -0.39 is 24.5 Å². The molecule has 4 rings (SSSR count). The third kappa shape index (κ3) is 6.87. The Hall–Kier alpha value is -3.32. The molecule has 40 heavy (non-hydrogen) atoms. The number of carbonyl (C=O) groups excluding carboxylic acids is 1. The smallest absolute Gasteiger partial charge is 0.319 e. The molecule has 6 N–H and O–H groups in total. The van der Waals surface area contributed by atoms with Crippen molar-refractivity contribution in [3.63, 3.8) is 0 Å². The first-order valence-electron chi connectivity index (χ1n) is 13.8. The molecule has 0 bridgehead atoms. The number of rotatable bonds is 10. The van der Waals surface area contributed by atoms with Gasteiger partial charge in [-0.05, 0) is 56.3 Å². The normalized spacial score (nSPS) is 21.4. The molecular formula is C28H42N8O4. The summed E-state index contributed by atoms with van der Waals surface area (Å²) in [7, 11) is 0. The lowest BCUT2D eigenvalue weighted by Gasteiger charge is -2.30. The molecule has 12 nitrogen and oxygen atoms in total. The summed E-state index contributed by atoms with van der Waals surface area (Å²) in [6.45, 7) is 12.4. The Balaban J connectivity index is 1.23. The molecular weight excluding hydrogens is 512 g/mol. The summed E-state index contributed by atoms with van der Waals surface area (Å²) in [4.78, 5) is 26.9. The highest BCUT2D eigenvalue weighted by molar-refractivity contribution is 5.89. The van der Waals surface area contributed by atoms with Gasteiger partial charge in [0.05, 0.1) is 6.33 Å². The first kappa shape index (κ1) is 29.7. The fourth-order valence-electron chi connectivity index (χ4n) is 4.83. The maximum absolute atomic E-state index is 12.3. The fraction of sp³-hybridized carbons (Fsp3) is 0.571. The van der Waals surface area contributed by atoms with Crippen LogP contribution in [0.25, 0.3) is 11.2 Å². The third-order valence-electron chi connectivity index (χ3n) is 7.31. The molecule has 1 saturated heterocycles. The van der Waals surface area contributed by atoms with Crippen LogP contribution in [0.15, 0.2) is 36.9 Å². The van der Waals surface area contributed by atoms with Crippen molar-refractivity contribution >= 4 is 28.7 Å². The molecule has 0 saturated carbocycles. The highest BCUT2D eigenvalue weighted by Gasteiger charge is 2.45. The Morgan fingerprint density at radius 2 is 1.85 bits per heavy atom. The van der Waals surface area contributed by atoms with Gasteiger partial charge in [0, 0.05) is 24.8 Å². The number of nitrogens with zero attached hydrogens (tertiary/aromatic N) is 5. The number of aromatic nitrogens is 4. The first-order chi connectivity index (χ1) is 19.0. The van der Waals surface area contributed by atoms with E-state index in [4.69, 9.17) is 10.5 Å². The van der Waals surface area contributed by atoms with Crippen molar-refractivity contribution in [3.05, 3.63) is 42.5 Å². The van der Waals surface area contributed by atoms with Crippen LogP contribution in [0.4, 0.5) is 16.3 Å². The second-order valence-electron chi connectivity index (χ2n) is 11.6. The number of nitrogens with one attached hydrogen (secondary N) is 2. The highest BCUT2D eigenvalue weighted by Crippen LogP contribution is 2.32. The number of benzene rings is 1. The number of nitrogens with two attached hydrogens (primary N) is 1. The second kappa shape index (κ2) is 12.5. The molecule has 3 heterocycles. The predicted octanol–water partition coefficient (Wildman–Crippen LogP) is 2.64. The lowest BCUT2D eigenvalue weighted by atomic mass is 9.87. The predicted molar refractivity (Wildman–Crippen MR) is 154 cm³/mol. The van der Waals surface area contributed by atoms with E-state index in [1.165, 1.54) is 18.2 Å². The van der Waals surface area contributed by atoms with Crippen molar-refractivity contribution in [1.82, 2.24) is 29.7 Å². The van der Waals surface area contributed by atoms with Crippen molar-refractivity contribution in [3.8, 4) is 0 Å². The zero-order valence-corrected chi connectivity index (χ0v) is 23.9. The SMILES string of the molecule is CC(C)N(CCCCNC(=O)Nc1ccc(C(C)(C)C)cc1)C[C@H]1O[C@@H](n2cnc3c(N)ncnc32)[C@H](O)[C@@H]1O. The van der Waals surface area contributed by atoms with Crippen LogP contribution in [0, 0.1) is 0 Å². The van der Waals surface area contributed by atoms with Crippen LogP contribution in [-0.2, 0) is 10.2 Å². The molecule has 0 aliphatic carbocycles. The molecule has 12 heteroatoms. The summed E-state index contributed by atoms with van der Waals surface area (Å²) in [6, 6.07) is 7.86. The van der Waals surface area contributed by atoms with Crippen LogP contribution in [0.1, 0.15) is 59.3 Å². The van der Waals surface area contributed by atoms with Crippen molar-refractivity contribution in [2.45, 2.75) is 83.5 Å². The lowest BCUT2D eigenvalue weighted by molar-refractivity contribution is -0.0469. The molecule has 0 radical (unpaired) electrons. The van der Waals surface area contributed by atoms with Crippen LogP contribution in [0.3, 0.4) is 0 Å². The Labute approximate surface area is 235 Å². The number of anilines is 2. The molecule has 0 unspecified atom stereocenters. The number of hydrogen-bond donors (Lipinski definition) is 5. The number of hydrogen-bond acceptors (Lipinski definition) is 9. The van der Waals surface area contributed by atoms with Gasteiger partial charge in [0.25, 0.3) is 0 Å². The maximum atomic E-state index is 12.3. The lowest BCUT2D eigenvalue weighted by Crippen LogP contribution is -2.43. The molecule has 1 aromatic carbocycles. The number of carbonyl (C=O) groups is 1. The van der Waals surface area contributed by atoms with E-state index in [1.54, 1.807) is 4.57 Å². The summed E-state index contributed by atoms with van der Waals surface area (Å²) in [5.41, 5.74) is 8.76. The molecule has 2 aromatic heterocycles. The zero-order valence-electron chi connectivity index (χ0n) is 23.9. The molecule has 4 atom stereocenters. The number of fused-ring (bicyclic) bond motifs is 1. The van der Waals surface area contributed by atoms with Crippen molar-refractivity contribution in [1.29, 1.82) is 0 Å². The van der Waals surface area contributed by atoms with Gasteiger partial charge >= 0.3 is 6.03 Å². The average molecular weight is 555 g/mol. The van der Waals surface area contributed by atoms with Crippen LogP contribution in [0.2, 0.25) is 0 Å². The first-order valence-corrected chi connectivity index (χ1v) is 13.8. The van der Waals surface area contributed by atoms with Gasteiger partial charge in [0.2, 0.25) is 0 Å². The third-order valence-corrected chi connectivity index (χ3v) is 7.31. The molecule has 218 valence electrons. The minimum Gasteiger partial charge on any atom is -0.387 e. The van der Waals surface area contributed by atoms with Gasteiger partial charge in [-0.2, -0.15) is 0 Å². The Kier molecular flexibility index (Phi) is 9.24. The Morgan fingerprint density at radius 1 is 1.12 bits per heavy atom. The summed E-state index contributed by atoms with van der Waals surface area (Å²) in [6.07, 6.45) is 0.771. The van der Waals surface area contributed by atoms with E-state index in [9.17, 15) is 15.0 Å². The van der Waals surface area contributed by atoms with Crippen molar-refractivity contribution in [2.75, 3.05) is 30.7 Å². The molecule has 1 fully saturated rings. The summed E-state index contributed by atoms with van der Waals surface area (Å²) in [5, 5.41) is 27.3. The van der Waals surface area contributed by atoms with E-state index in [1.807, 2.05) is 24.3 Å². The van der Waals surface area contributed by atoms with Crippen molar-refractivity contribution in [2.24, 2.45) is 0 Å². The topological polar surface area (TPSA) is 164 Å². The molecule has 0 spiro atoms. The second-order valence-corrected chi connectivity index (χ2v) is 11.6. The largest absolute Gasteiger partial charge is 0.387 e. The minimum atomic E-state index is -1.15. The van der Waals surface area contributed by atoms with Gasteiger partial charge in [0.15, 0.2) is 17.7 Å². The molecule has 1 aliphatic rings. The van der Waals surface area contributed by atoms with Crippen LogP contribution < -0.4 is 16.4 Å². The molecule has 2 amide bonds. The van der Waals surface area contributed by atoms with E-state index >= 15 is 0 Å². The van der Waals surface area contributed by atoms with Gasteiger partial charge < -0.3 is 31.3 Å². The van der Waals surface area contributed by atoms with E-state index in [0.29, 0.717) is 24.3 Å². The van der Waals surface area contributed by atoms with Gasteiger partial charge in [-0.1, -0.05) is 32.9 Å². The average Bonchev–Trinajstić information content (AvgIpc) is 3.44. The number of unbranched alkanes of at least 4 members (excludes halogenated alkanes) is 1. The Morgan fingerprint density at radius 3 is 2.52 bits per heavy atom. The van der Waals surface area contributed by atoms with Crippen LogP contribution >= 0.6 is 0 Å². The Bertz CT molecular complexity index is 1270. The molecule has 1 aliphatic heterocycles. The molecule has 3 aromatic rings. The summed E-state index contributed by atoms with van der Waals surface area (Å²) < 4.78 is 7.70. The number of amides is 2. The van der Waals surface area contributed by atoms with Gasteiger partial charge in [0.1, 0.15) is 30.2 Å². The van der Waals surface area contributed by atoms with Crippen molar-refractivity contribution < 1.29 is 19.7 Å². The number of aliphatic hydroxyl groups is 2. The standard InChI is InChI=1S/C28H42N8O4/c1-17(2)35(13-7-6-12-30-27(39)34-19-10-8-18(9-11-19)28(3,4)5)14-20-22(37)23(38)26(40-20)36-16-33-21-24(29)31-15-32-25(21)36/h8-11,15-17,20,22-23,26,37-38H,6-7,12-14H2,1-5H3,(H2,29,31,32)(H2,30,34,39)/t20-,22-,23-,26-/m1/s1. The number of urea groups is 1. The van der Waals surface area contributed by atoms with Gasteiger partial charge in [-0.3, -0.25) is 9.47 Å². The summed E-state index contributed by atoms with van der Waals surface area (Å²) in [5.74, 6) is 0.237. The monoisotopic (exact) mass is 554 g/mol. The zero-order chi connectivity index (χ0) is 29.0.